The Bertz CT molecular complexity index is 1660. The van der Waals surface area contributed by atoms with E-state index in [0.29, 0.717) is 5.69 Å². The minimum Gasteiger partial charge on any atom is -0.382 e. The summed E-state index contributed by atoms with van der Waals surface area (Å²) < 4.78 is 57.4. The van der Waals surface area contributed by atoms with Gasteiger partial charge in [0.25, 0.3) is 11.8 Å². The van der Waals surface area contributed by atoms with Gasteiger partial charge in [-0.25, -0.2) is 13.9 Å². The standard InChI is InChI=1S/C26H22ClF4N7O2/c1-12-15(21-8-17(26(29,30)31)22-23(32)33-11-34-38(21)22)7-16(13(2)35-12)24(39)36-20-10-37(9-19(20)28)25(40)14-5-3-4-6-18(14)27/h3-8,11,19-20H,9-10H2,1-2H3,(H,36,39)(H2,32,33,34)/t19-,20+/m0/s1. The molecule has 2 amide bonds. The zero-order valence-electron chi connectivity index (χ0n) is 21.1. The van der Waals surface area contributed by atoms with Crippen molar-refractivity contribution in [2.45, 2.75) is 32.2 Å². The molecule has 1 saturated heterocycles. The van der Waals surface area contributed by atoms with Crippen LogP contribution in [0.5, 0.6) is 0 Å². The number of hydrogen-bond acceptors (Lipinski definition) is 6. The van der Waals surface area contributed by atoms with Gasteiger partial charge in [0.15, 0.2) is 5.82 Å². The lowest BCUT2D eigenvalue weighted by atomic mass is 10.0. The molecule has 0 bridgehead atoms. The largest absolute Gasteiger partial charge is 0.418 e. The molecule has 0 spiro atoms. The molecule has 1 aromatic carbocycles. The Morgan fingerprint density at radius 2 is 1.82 bits per heavy atom. The molecule has 1 aliphatic rings. The minimum atomic E-state index is -4.75. The van der Waals surface area contributed by atoms with E-state index in [4.69, 9.17) is 17.3 Å². The van der Waals surface area contributed by atoms with Crippen molar-refractivity contribution in [3.8, 4) is 11.3 Å². The van der Waals surface area contributed by atoms with Gasteiger partial charge < -0.3 is 16.0 Å². The van der Waals surface area contributed by atoms with Gasteiger partial charge in [-0.1, -0.05) is 23.7 Å². The SMILES string of the molecule is Cc1nc(C)c(-c2cc(C(F)(F)F)c3c(N)ncnn23)cc1C(=O)N[C@@H]1CN(C(=O)c2ccccc2Cl)C[C@@H]1F. The fourth-order valence-corrected chi connectivity index (χ4v) is 5.02. The van der Waals surface area contributed by atoms with Crippen LogP contribution in [0.15, 0.2) is 42.7 Å². The highest BCUT2D eigenvalue weighted by molar-refractivity contribution is 6.33. The van der Waals surface area contributed by atoms with Crippen molar-refractivity contribution < 1.29 is 27.2 Å². The molecule has 0 unspecified atom stereocenters. The number of likely N-dealkylation sites (tertiary alicyclic amines) is 1. The summed E-state index contributed by atoms with van der Waals surface area (Å²) >= 11 is 6.10. The number of hydrogen-bond donors (Lipinski definition) is 2. The number of nitrogens with zero attached hydrogens (tertiary/aromatic N) is 5. The Kier molecular flexibility index (Phi) is 6.86. The molecule has 3 aromatic heterocycles. The first-order valence-electron chi connectivity index (χ1n) is 12.0. The van der Waals surface area contributed by atoms with E-state index in [2.05, 4.69) is 20.4 Å². The van der Waals surface area contributed by atoms with Gasteiger partial charge in [-0.3, -0.25) is 14.6 Å². The summed E-state index contributed by atoms with van der Waals surface area (Å²) in [6, 6.07) is 7.60. The molecular formula is C26H22ClF4N7O2. The van der Waals surface area contributed by atoms with Gasteiger partial charge in [0.05, 0.1) is 45.7 Å². The van der Waals surface area contributed by atoms with Crippen molar-refractivity contribution in [1.82, 2.24) is 29.8 Å². The Hall–Kier alpha value is -4.26. The monoisotopic (exact) mass is 575 g/mol. The maximum atomic E-state index is 14.9. The summed E-state index contributed by atoms with van der Waals surface area (Å²) in [6.45, 7) is 2.78. The molecule has 1 fully saturated rings. The van der Waals surface area contributed by atoms with Crippen LogP contribution in [0.4, 0.5) is 23.4 Å². The summed E-state index contributed by atoms with van der Waals surface area (Å²) in [7, 11) is 0. The number of rotatable bonds is 4. The van der Waals surface area contributed by atoms with Gasteiger partial charge in [0.2, 0.25) is 0 Å². The molecule has 1 aliphatic heterocycles. The van der Waals surface area contributed by atoms with E-state index in [1.807, 2.05) is 0 Å². The molecule has 208 valence electrons. The topological polar surface area (TPSA) is 119 Å². The number of amides is 2. The molecule has 0 saturated carbocycles. The lowest BCUT2D eigenvalue weighted by Crippen LogP contribution is -2.42. The van der Waals surface area contributed by atoms with Gasteiger partial charge in [-0.05, 0) is 38.1 Å². The van der Waals surface area contributed by atoms with Crippen molar-refractivity contribution in [3.63, 3.8) is 0 Å². The number of nitrogens with two attached hydrogens (primary N) is 1. The lowest BCUT2D eigenvalue weighted by molar-refractivity contribution is -0.136. The summed E-state index contributed by atoms with van der Waals surface area (Å²) in [5.41, 5.74) is 5.32. The zero-order chi connectivity index (χ0) is 28.9. The van der Waals surface area contributed by atoms with Gasteiger partial charge in [0.1, 0.15) is 18.0 Å². The first-order valence-corrected chi connectivity index (χ1v) is 12.4. The summed E-state index contributed by atoms with van der Waals surface area (Å²) in [6.07, 6.45) is -5.29. The number of anilines is 1. The van der Waals surface area contributed by atoms with Crippen molar-refractivity contribution in [1.29, 1.82) is 0 Å². The molecular weight excluding hydrogens is 554 g/mol. The van der Waals surface area contributed by atoms with Gasteiger partial charge in [0, 0.05) is 17.8 Å². The first kappa shape index (κ1) is 27.3. The second kappa shape index (κ2) is 10.0. The predicted molar refractivity (Wildman–Crippen MR) is 139 cm³/mol. The number of carbonyl (C=O) groups is 2. The van der Waals surface area contributed by atoms with Crippen LogP contribution >= 0.6 is 11.6 Å². The summed E-state index contributed by atoms with van der Waals surface area (Å²) in [5.74, 6) is -1.53. The van der Waals surface area contributed by atoms with Crippen LogP contribution in [-0.2, 0) is 6.18 Å². The van der Waals surface area contributed by atoms with Crippen LogP contribution in [0.2, 0.25) is 5.02 Å². The molecule has 3 N–H and O–H groups in total. The zero-order valence-corrected chi connectivity index (χ0v) is 21.9. The highest BCUT2D eigenvalue weighted by Gasteiger charge is 2.39. The van der Waals surface area contributed by atoms with E-state index in [9.17, 15) is 27.2 Å². The molecule has 4 heterocycles. The number of nitrogens with one attached hydrogen (secondary N) is 1. The third-order valence-corrected chi connectivity index (χ3v) is 7.10. The van der Waals surface area contributed by atoms with Crippen molar-refractivity contribution >= 4 is 34.7 Å². The number of aryl methyl sites for hydroxylation is 2. The van der Waals surface area contributed by atoms with Crippen LogP contribution in [0.25, 0.3) is 16.8 Å². The molecule has 14 heteroatoms. The number of nitrogen functional groups attached to an aromatic ring is 1. The maximum absolute atomic E-state index is 14.9. The molecule has 0 radical (unpaired) electrons. The summed E-state index contributed by atoms with van der Waals surface area (Å²) in [4.78, 5) is 35.4. The highest BCUT2D eigenvalue weighted by Crippen LogP contribution is 2.39. The predicted octanol–water partition coefficient (Wildman–Crippen LogP) is 4.26. The number of fused-ring (bicyclic) bond motifs is 1. The minimum absolute atomic E-state index is 0.00350. The third-order valence-electron chi connectivity index (χ3n) is 6.77. The molecule has 40 heavy (non-hydrogen) atoms. The normalized spacial score (nSPS) is 17.4. The Morgan fingerprint density at radius 3 is 2.52 bits per heavy atom. The third kappa shape index (κ3) is 4.81. The summed E-state index contributed by atoms with van der Waals surface area (Å²) in [5, 5.41) is 6.76. The maximum Gasteiger partial charge on any atom is 0.418 e. The number of pyridine rings is 1. The highest BCUT2D eigenvalue weighted by atomic mass is 35.5. The average molecular weight is 576 g/mol. The van der Waals surface area contributed by atoms with Crippen molar-refractivity contribution in [3.05, 3.63) is 75.8 Å². The lowest BCUT2D eigenvalue weighted by Gasteiger charge is -2.18. The molecule has 4 aromatic rings. The molecule has 5 rings (SSSR count). The van der Waals surface area contributed by atoms with Crippen LogP contribution < -0.4 is 11.1 Å². The Balaban J connectivity index is 1.45. The quantitative estimate of drug-likeness (QED) is 0.351. The Morgan fingerprint density at radius 1 is 1.10 bits per heavy atom. The fourth-order valence-electron chi connectivity index (χ4n) is 4.81. The molecule has 2 atom stereocenters. The van der Waals surface area contributed by atoms with E-state index in [1.54, 1.807) is 32.0 Å². The number of aromatic nitrogens is 4. The fraction of sp³-hybridized carbons (Fsp3) is 0.269. The Labute approximate surface area is 230 Å². The van der Waals surface area contributed by atoms with E-state index in [1.165, 1.54) is 17.0 Å². The van der Waals surface area contributed by atoms with Gasteiger partial charge in [-0.2, -0.15) is 18.3 Å². The van der Waals surface area contributed by atoms with Gasteiger partial charge >= 0.3 is 6.18 Å². The van der Waals surface area contributed by atoms with Crippen molar-refractivity contribution in [2.75, 3.05) is 18.8 Å². The van der Waals surface area contributed by atoms with E-state index < -0.39 is 41.3 Å². The molecule has 0 aliphatic carbocycles. The van der Waals surface area contributed by atoms with Gasteiger partial charge in [-0.15, -0.1) is 0 Å². The van der Waals surface area contributed by atoms with Crippen molar-refractivity contribution in [2.24, 2.45) is 0 Å². The van der Waals surface area contributed by atoms with Crippen LogP contribution in [-0.4, -0.2) is 61.6 Å². The smallest absolute Gasteiger partial charge is 0.382 e. The van der Waals surface area contributed by atoms with E-state index >= 15 is 0 Å². The first-order chi connectivity index (χ1) is 18.9. The van der Waals surface area contributed by atoms with Crippen LogP contribution in [0.1, 0.15) is 37.7 Å². The average Bonchev–Trinajstić information content (AvgIpc) is 3.46. The number of halogens is 5. The van der Waals surface area contributed by atoms with E-state index in [0.717, 1.165) is 16.9 Å². The van der Waals surface area contributed by atoms with E-state index in [-0.39, 0.29) is 52.0 Å². The second-order valence-electron chi connectivity index (χ2n) is 9.39. The number of benzene rings is 1. The second-order valence-corrected chi connectivity index (χ2v) is 9.79. The number of carbonyl (C=O) groups excluding carboxylic acids is 2. The molecule has 9 nitrogen and oxygen atoms in total. The van der Waals surface area contributed by atoms with Crippen LogP contribution in [0, 0.1) is 13.8 Å². The van der Waals surface area contributed by atoms with Crippen LogP contribution in [0.3, 0.4) is 0 Å². The number of alkyl halides is 4.